The van der Waals surface area contributed by atoms with E-state index in [4.69, 9.17) is 4.18 Å². The second-order valence-electron chi connectivity index (χ2n) is 3.51. The Bertz CT molecular complexity index is 496. The second-order valence-corrected chi connectivity index (χ2v) is 5.73. The van der Waals surface area contributed by atoms with E-state index in [1.54, 1.807) is 37.7 Å². The van der Waals surface area contributed by atoms with E-state index in [-0.39, 0.29) is 6.61 Å². The maximum atomic E-state index is 11.7. The quantitative estimate of drug-likeness (QED) is 0.357. The molecule has 110 valence electrons. The molecule has 1 atom stereocenters. The molecule has 0 aliphatic carbocycles. The Labute approximate surface area is 124 Å². The van der Waals surface area contributed by atoms with Crippen molar-refractivity contribution in [2.75, 3.05) is 13.3 Å². The minimum absolute atomic E-state index is 0.0746. The van der Waals surface area contributed by atoms with Gasteiger partial charge < -0.3 is 0 Å². The predicted octanol–water partition coefficient (Wildman–Crippen LogP) is 1.94. The van der Waals surface area contributed by atoms with Crippen molar-refractivity contribution < 1.29 is 18.0 Å². The van der Waals surface area contributed by atoms with Gasteiger partial charge in [-0.1, -0.05) is 11.2 Å². The summed E-state index contributed by atoms with van der Waals surface area (Å²) in [5, 5.41) is 4.13. The van der Waals surface area contributed by atoms with Crippen LogP contribution in [0.1, 0.15) is 12.5 Å². The van der Waals surface area contributed by atoms with E-state index < -0.39 is 17.4 Å². The normalized spacial score (nSPS) is 12.8. The molecule has 0 saturated heterocycles. The Morgan fingerprint density at radius 3 is 2.95 bits per heavy atom. The molecule has 0 radical (unpaired) electrons. The summed E-state index contributed by atoms with van der Waals surface area (Å²) in [5.74, 6) is 0. The number of rotatable bonds is 5. The molecule has 1 amide bonds. The van der Waals surface area contributed by atoms with Crippen molar-refractivity contribution >= 4 is 34.2 Å². The van der Waals surface area contributed by atoms with Crippen molar-refractivity contribution in [3.8, 4) is 0 Å². The average molecular weight is 317 g/mol. The largest absolute Gasteiger partial charge is 0.449 e. The summed E-state index contributed by atoms with van der Waals surface area (Å²) in [5.41, 5.74) is 0.749. The lowest BCUT2D eigenvalue weighted by Gasteiger charge is -2.12. The number of oxime groups is 1. The minimum atomic E-state index is -1.96. The third kappa shape index (κ3) is 5.68. The standard InChI is InChI=1S/C11H15N3O4S2/c1-9(19-3)13-18-11(15)14(2)20(16)17-8-10-5-4-6-12-7-10/h4-7H,8H2,1-3H3. The van der Waals surface area contributed by atoms with Gasteiger partial charge in [0.1, 0.15) is 5.04 Å². The van der Waals surface area contributed by atoms with Crippen molar-refractivity contribution in [3.05, 3.63) is 30.1 Å². The maximum absolute atomic E-state index is 11.7. The number of carbonyl (C=O) groups excluding carboxylic acids is 1. The fourth-order valence-corrected chi connectivity index (χ4v) is 1.60. The number of hydrogen-bond acceptors (Lipinski definition) is 7. The van der Waals surface area contributed by atoms with E-state index in [2.05, 4.69) is 15.0 Å². The van der Waals surface area contributed by atoms with Crippen LogP contribution in [-0.4, -0.2) is 37.9 Å². The summed E-state index contributed by atoms with van der Waals surface area (Å²) >= 11 is -0.622. The van der Waals surface area contributed by atoms with Crippen LogP contribution in [0.3, 0.4) is 0 Å². The van der Waals surface area contributed by atoms with Crippen LogP contribution in [0.25, 0.3) is 0 Å². The van der Waals surface area contributed by atoms with Gasteiger partial charge >= 0.3 is 6.09 Å². The van der Waals surface area contributed by atoms with E-state index in [1.165, 1.54) is 18.8 Å². The zero-order valence-corrected chi connectivity index (χ0v) is 12.9. The molecule has 0 saturated carbocycles. The molecule has 0 fully saturated rings. The summed E-state index contributed by atoms with van der Waals surface area (Å²) in [7, 11) is 1.30. The fourth-order valence-electron chi connectivity index (χ4n) is 0.940. The highest BCUT2D eigenvalue weighted by Gasteiger charge is 2.18. The molecule has 0 aromatic carbocycles. The molecule has 1 rings (SSSR count). The highest BCUT2D eigenvalue weighted by Crippen LogP contribution is 2.05. The van der Waals surface area contributed by atoms with Crippen LogP contribution in [0.4, 0.5) is 4.79 Å². The molecule has 7 nitrogen and oxygen atoms in total. The number of thioether (sulfide) groups is 1. The van der Waals surface area contributed by atoms with Gasteiger partial charge in [0, 0.05) is 19.4 Å². The van der Waals surface area contributed by atoms with Gasteiger partial charge in [0.15, 0.2) is 0 Å². The highest BCUT2D eigenvalue weighted by molar-refractivity contribution is 8.13. The number of hydrogen-bond donors (Lipinski definition) is 0. The SMILES string of the molecule is CSC(C)=NOC(=O)N(C)S(=O)OCc1cccnc1. The number of nitrogens with zero attached hydrogens (tertiary/aromatic N) is 3. The second kappa shape index (κ2) is 8.67. The highest BCUT2D eigenvalue weighted by atomic mass is 32.2. The van der Waals surface area contributed by atoms with Crippen LogP contribution in [-0.2, 0) is 26.9 Å². The molecule has 20 heavy (non-hydrogen) atoms. The molecule has 1 heterocycles. The Morgan fingerprint density at radius 1 is 1.60 bits per heavy atom. The lowest BCUT2D eigenvalue weighted by molar-refractivity contribution is 0.132. The molecule has 1 unspecified atom stereocenters. The predicted molar refractivity (Wildman–Crippen MR) is 78.0 cm³/mol. The zero-order chi connectivity index (χ0) is 15.0. The first kappa shape index (κ1) is 16.6. The molecule has 0 bridgehead atoms. The van der Waals surface area contributed by atoms with Gasteiger partial charge in [0.2, 0.25) is 0 Å². The number of amides is 1. The van der Waals surface area contributed by atoms with Gasteiger partial charge in [-0.25, -0.2) is 13.3 Å². The van der Waals surface area contributed by atoms with Crippen LogP contribution >= 0.6 is 11.8 Å². The lowest BCUT2D eigenvalue weighted by atomic mass is 10.3. The van der Waals surface area contributed by atoms with Gasteiger partial charge in [-0.15, -0.1) is 11.8 Å². The number of aromatic nitrogens is 1. The van der Waals surface area contributed by atoms with E-state index in [0.29, 0.717) is 5.04 Å². The molecular weight excluding hydrogens is 302 g/mol. The molecule has 1 aromatic heterocycles. The first-order valence-electron chi connectivity index (χ1n) is 5.52. The van der Waals surface area contributed by atoms with E-state index in [1.807, 2.05) is 0 Å². The summed E-state index contributed by atoms with van der Waals surface area (Å²) in [4.78, 5) is 20.0. The van der Waals surface area contributed by atoms with Crippen molar-refractivity contribution in [2.24, 2.45) is 5.16 Å². The lowest BCUT2D eigenvalue weighted by Crippen LogP contribution is -2.29. The third-order valence-electron chi connectivity index (χ3n) is 2.08. The Balaban J connectivity index is 2.44. The van der Waals surface area contributed by atoms with Gasteiger partial charge in [-0.05, 0) is 24.8 Å². The summed E-state index contributed by atoms with van der Waals surface area (Å²) in [6.45, 7) is 1.76. The van der Waals surface area contributed by atoms with Crippen LogP contribution < -0.4 is 0 Å². The van der Waals surface area contributed by atoms with Crippen LogP contribution in [0, 0.1) is 0 Å². The van der Waals surface area contributed by atoms with E-state index in [9.17, 15) is 9.00 Å². The van der Waals surface area contributed by atoms with Crippen LogP contribution in [0.2, 0.25) is 0 Å². The molecule has 1 aromatic rings. The third-order valence-corrected chi connectivity index (χ3v) is 3.66. The molecule has 0 spiro atoms. The van der Waals surface area contributed by atoms with Gasteiger partial charge in [0.25, 0.3) is 11.3 Å². The monoisotopic (exact) mass is 317 g/mol. The topological polar surface area (TPSA) is 81.1 Å². The van der Waals surface area contributed by atoms with Crippen molar-refractivity contribution in [2.45, 2.75) is 13.5 Å². The van der Waals surface area contributed by atoms with Gasteiger partial charge in [-0.3, -0.25) is 14.0 Å². The van der Waals surface area contributed by atoms with Crippen molar-refractivity contribution in [1.82, 2.24) is 9.29 Å². The number of carbonyl (C=O) groups is 1. The van der Waals surface area contributed by atoms with Gasteiger partial charge in [-0.2, -0.15) is 0 Å². The van der Waals surface area contributed by atoms with Gasteiger partial charge in [0.05, 0.1) is 6.61 Å². The molecule has 0 aliphatic heterocycles. The van der Waals surface area contributed by atoms with E-state index >= 15 is 0 Å². The van der Waals surface area contributed by atoms with Crippen LogP contribution in [0.5, 0.6) is 0 Å². The Kier molecular flexibility index (Phi) is 7.20. The van der Waals surface area contributed by atoms with Crippen molar-refractivity contribution in [1.29, 1.82) is 0 Å². The van der Waals surface area contributed by atoms with Crippen LogP contribution in [0.15, 0.2) is 29.7 Å². The summed E-state index contributed by atoms with van der Waals surface area (Å²) < 4.78 is 17.6. The molecule has 0 aliphatic rings. The average Bonchev–Trinajstić information content (AvgIpc) is 2.49. The minimum Gasteiger partial charge on any atom is -0.296 e. The zero-order valence-electron chi connectivity index (χ0n) is 11.3. The van der Waals surface area contributed by atoms with Crippen molar-refractivity contribution in [3.63, 3.8) is 0 Å². The maximum Gasteiger partial charge on any atom is 0.449 e. The fraction of sp³-hybridized carbons (Fsp3) is 0.364. The smallest absolute Gasteiger partial charge is 0.296 e. The number of pyridine rings is 1. The first-order chi connectivity index (χ1) is 9.54. The summed E-state index contributed by atoms with van der Waals surface area (Å²) in [6.07, 6.45) is 4.14. The summed E-state index contributed by atoms with van der Waals surface area (Å²) in [6, 6.07) is 3.51. The molecule has 0 N–H and O–H groups in total. The first-order valence-corrected chi connectivity index (χ1v) is 7.77. The molecular formula is C11H15N3O4S2. The van der Waals surface area contributed by atoms with E-state index in [0.717, 1.165) is 9.87 Å². The Hall–Kier alpha value is -1.45. The molecule has 9 heteroatoms. The Morgan fingerprint density at radius 2 is 2.35 bits per heavy atom.